The molecule has 0 unspecified atom stereocenters. The maximum absolute atomic E-state index is 10.9. The van der Waals surface area contributed by atoms with Gasteiger partial charge >= 0.3 is 5.69 Å². The minimum atomic E-state index is -0.450. The zero-order valence-corrected chi connectivity index (χ0v) is 11.4. The molecule has 0 fully saturated rings. The third-order valence-corrected chi connectivity index (χ3v) is 2.41. The fourth-order valence-corrected chi connectivity index (χ4v) is 1.44. The lowest BCUT2D eigenvalue weighted by Crippen LogP contribution is -2.21. The van der Waals surface area contributed by atoms with E-state index in [0.29, 0.717) is 12.6 Å². The topological polar surface area (TPSA) is 64.4 Å². The van der Waals surface area contributed by atoms with Crippen LogP contribution in [0.4, 0.5) is 5.69 Å². The first kappa shape index (κ1) is 15.0. The van der Waals surface area contributed by atoms with E-state index in [1.807, 2.05) is 13.8 Å². The highest BCUT2D eigenvalue weighted by Gasteiger charge is 2.15. The second kappa shape index (κ2) is 7.39. The highest BCUT2D eigenvalue weighted by molar-refractivity contribution is 5.48. The molecule has 0 amide bonds. The summed E-state index contributed by atoms with van der Waals surface area (Å²) in [6.45, 7) is 6.57. The summed E-state index contributed by atoms with van der Waals surface area (Å²) in [5, 5.41) is 14.2. The Labute approximate surface area is 113 Å². The van der Waals surface area contributed by atoms with E-state index < -0.39 is 4.92 Å². The van der Waals surface area contributed by atoms with Gasteiger partial charge in [-0.3, -0.25) is 10.1 Å². The Bertz CT molecular complexity index is 501. The fourth-order valence-electron chi connectivity index (χ4n) is 1.44. The quantitative estimate of drug-likeness (QED) is 0.486. The van der Waals surface area contributed by atoms with Crippen molar-refractivity contribution in [2.75, 3.05) is 6.61 Å². The average molecular weight is 262 g/mol. The predicted molar refractivity (Wildman–Crippen MR) is 74.0 cm³/mol. The molecule has 19 heavy (non-hydrogen) atoms. The second-order valence-electron chi connectivity index (χ2n) is 4.31. The van der Waals surface area contributed by atoms with Crippen LogP contribution in [0.1, 0.15) is 26.3 Å². The maximum atomic E-state index is 10.9. The molecule has 5 nitrogen and oxygen atoms in total. The summed E-state index contributed by atoms with van der Waals surface area (Å²) in [5.74, 6) is 5.67. The van der Waals surface area contributed by atoms with Gasteiger partial charge in [-0.15, -0.1) is 5.92 Å². The Morgan fingerprint density at radius 1 is 1.47 bits per heavy atom. The molecule has 0 saturated carbocycles. The van der Waals surface area contributed by atoms with Gasteiger partial charge in [0.05, 0.1) is 4.92 Å². The van der Waals surface area contributed by atoms with Gasteiger partial charge in [-0.05, 0) is 18.6 Å². The average Bonchev–Trinajstić information content (AvgIpc) is 2.36. The van der Waals surface area contributed by atoms with Crippen LogP contribution in [0.3, 0.4) is 0 Å². The van der Waals surface area contributed by atoms with E-state index in [1.54, 1.807) is 19.1 Å². The molecule has 102 valence electrons. The van der Waals surface area contributed by atoms with Crippen molar-refractivity contribution in [2.45, 2.75) is 33.4 Å². The van der Waals surface area contributed by atoms with Crippen LogP contribution in [0.2, 0.25) is 0 Å². The van der Waals surface area contributed by atoms with Crippen LogP contribution < -0.4 is 10.1 Å². The number of rotatable bonds is 6. The summed E-state index contributed by atoms with van der Waals surface area (Å²) in [4.78, 5) is 10.5. The normalized spacial score (nSPS) is 9.89. The zero-order valence-electron chi connectivity index (χ0n) is 11.4. The van der Waals surface area contributed by atoms with Crippen molar-refractivity contribution in [1.29, 1.82) is 0 Å². The van der Waals surface area contributed by atoms with Crippen molar-refractivity contribution < 1.29 is 9.66 Å². The first-order valence-corrected chi connectivity index (χ1v) is 6.07. The van der Waals surface area contributed by atoms with E-state index >= 15 is 0 Å². The number of benzene rings is 1. The van der Waals surface area contributed by atoms with Crippen molar-refractivity contribution in [3.05, 3.63) is 33.9 Å². The first-order valence-electron chi connectivity index (χ1n) is 6.07. The number of hydrogen-bond donors (Lipinski definition) is 1. The minimum Gasteiger partial charge on any atom is -0.474 e. The molecular formula is C14H18N2O3. The number of nitrogens with one attached hydrogen (secondary N) is 1. The first-order chi connectivity index (χ1) is 9.04. The van der Waals surface area contributed by atoms with E-state index in [9.17, 15) is 10.1 Å². The highest BCUT2D eigenvalue weighted by Crippen LogP contribution is 2.27. The molecule has 0 aliphatic heterocycles. The zero-order chi connectivity index (χ0) is 14.3. The van der Waals surface area contributed by atoms with Gasteiger partial charge in [0.25, 0.3) is 0 Å². The predicted octanol–water partition coefficient (Wildman–Crippen LogP) is 2.49. The maximum Gasteiger partial charge on any atom is 0.310 e. The molecule has 0 aromatic heterocycles. The van der Waals surface area contributed by atoms with Gasteiger partial charge < -0.3 is 10.1 Å². The molecule has 0 radical (unpaired) electrons. The number of ether oxygens (including phenoxy) is 1. The summed E-state index contributed by atoms with van der Waals surface area (Å²) in [7, 11) is 0. The fraction of sp³-hybridized carbons (Fsp3) is 0.429. The van der Waals surface area contributed by atoms with E-state index in [1.165, 1.54) is 6.07 Å². The molecule has 0 aliphatic rings. The van der Waals surface area contributed by atoms with E-state index in [4.69, 9.17) is 4.74 Å². The Morgan fingerprint density at radius 2 is 2.21 bits per heavy atom. The summed E-state index contributed by atoms with van der Waals surface area (Å²) < 4.78 is 5.34. The van der Waals surface area contributed by atoms with Gasteiger partial charge in [0.2, 0.25) is 0 Å². The lowest BCUT2D eigenvalue weighted by atomic mass is 10.2. The van der Waals surface area contributed by atoms with Gasteiger partial charge in [0.1, 0.15) is 6.61 Å². The second-order valence-corrected chi connectivity index (χ2v) is 4.31. The van der Waals surface area contributed by atoms with Crippen LogP contribution in [-0.2, 0) is 6.54 Å². The number of nitro groups is 1. The van der Waals surface area contributed by atoms with Crippen molar-refractivity contribution in [2.24, 2.45) is 0 Å². The third-order valence-electron chi connectivity index (χ3n) is 2.41. The molecular weight excluding hydrogens is 244 g/mol. The van der Waals surface area contributed by atoms with Gasteiger partial charge in [0, 0.05) is 18.7 Å². The lowest BCUT2D eigenvalue weighted by molar-refractivity contribution is -0.385. The van der Waals surface area contributed by atoms with Crippen LogP contribution >= 0.6 is 0 Å². The Balaban J connectivity index is 2.89. The molecule has 0 saturated heterocycles. The molecule has 1 N–H and O–H groups in total. The molecule has 1 aromatic carbocycles. The number of hydrogen-bond acceptors (Lipinski definition) is 4. The van der Waals surface area contributed by atoms with Crippen LogP contribution in [-0.4, -0.2) is 17.6 Å². The molecule has 0 spiro atoms. The van der Waals surface area contributed by atoms with Crippen LogP contribution in [0, 0.1) is 22.0 Å². The van der Waals surface area contributed by atoms with Crippen LogP contribution in [0.5, 0.6) is 5.75 Å². The molecule has 0 bridgehead atoms. The Kier molecular flexibility index (Phi) is 5.83. The SMILES string of the molecule is CC#CCOc1cc(CNC(C)C)ccc1[N+](=O)[O-]. The van der Waals surface area contributed by atoms with E-state index in [2.05, 4.69) is 17.2 Å². The summed E-state index contributed by atoms with van der Waals surface area (Å²) in [5.41, 5.74) is 0.907. The Morgan fingerprint density at radius 3 is 2.79 bits per heavy atom. The van der Waals surface area contributed by atoms with Crippen LogP contribution in [0.25, 0.3) is 0 Å². The van der Waals surface area contributed by atoms with Gasteiger partial charge in [0.15, 0.2) is 5.75 Å². The lowest BCUT2D eigenvalue weighted by Gasteiger charge is -2.10. The van der Waals surface area contributed by atoms with E-state index in [0.717, 1.165) is 5.56 Å². The number of nitro benzene ring substituents is 1. The monoisotopic (exact) mass is 262 g/mol. The molecule has 0 heterocycles. The smallest absolute Gasteiger partial charge is 0.310 e. The molecule has 0 aliphatic carbocycles. The van der Waals surface area contributed by atoms with Crippen LogP contribution in [0.15, 0.2) is 18.2 Å². The van der Waals surface area contributed by atoms with Gasteiger partial charge in [-0.25, -0.2) is 0 Å². The summed E-state index contributed by atoms with van der Waals surface area (Å²) in [6, 6.07) is 5.23. The van der Waals surface area contributed by atoms with Crippen molar-refractivity contribution >= 4 is 5.69 Å². The van der Waals surface area contributed by atoms with Gasteiger partial charge in [-0.2, -0.15) is 0 Å². The van der Waals surface area contributed by atoms with E-state index in [-0.39, 0.29) is 18.0 Å². The summed E-state index contributed by atoms with van der Waals surface area (Å²) in [6.07, 6.45) is 0. The van der Waals surface area contributed by atoms with Crippen molar-refractivity contribution in [3.8, 4) is 17.6 Å². The third kappa shape index (κ3) is 4.98. The Hall–Kier alpha value is -2.06. The molecule has 1 aromatic rings. The summed E-state index contributed by atoms with van der Waals surface area (Å²) >= 11 is 0. The molecule has 1 rings (SSSR count). The highest BCUT2D eigenvalue weighted by atomic mass is 16.6. The molecule has 0 atom stereocenters. The van der Waals surface area contributed by atoms with Crippen molar-refractivity contribution in [1.82, 2.24) is 5.32 Å². The van der Waals surface area contributed by atoms with Gasteiger partial charge in [-0.1, -0.05) is 25.8 Å². The van der Waals surface area contributed by atoms with Crippen molar-refractivity contribution in [3.63, 3.8) is 0 Å². The minimum absolute atomic E-state index is 0.0359. The standard InChI is InChI=1S/C14H18N2O3/c1-4-5-8-19-14-9-12(10-15-11(2)3)6-7-13(14)16(17)18/h6-7,9,11,15H,8,10H2,1-3H3. The molecule has 5 heteroatoms. The largest absolute Gasteiger partial charge is 0.474 e. The number of nitrogens with zero attached hydrogens (tertiary/aromatic N) is 1.